The van der Waals surface area contributed by atoms with Gasteiger partial charge in [0.2, 0.25) is 11.6 Å². The van der Waals surface area contributed by atoms with Gasteiger partial charge in [-0.1, -0.05) is 35.9 Å². The van der Waals surface area contributed by atoms with Crippen LogP contribution in [0.5, 0.6) is 0 Å². The zero-order chi connectivity index (χ0) is 15.1. The van der Waals surface area contributed by atoms with Crippen molar-refractivity contribution in [2.24, 2.45) is 0 Å². The predicted molar refractivity (Wildman–Crippen MR) is 79.6 cm³/mol. The molecular weight excluding hydrogens is 290 g/mol. The molecule has 0 radical (unpaired) electrons. The van der Waals surface area contributed by atoms with E-state index in [2.05, 4.69) is 0 Å². The summed E-state index contributed by atoms with van der Waals surface area (Å²) >= 11 is 6.21. The van der Waals surface area contributed by atoms with Crippen molar-refractivity contribution in [2.75, 3.05) is 13.1 Å². The molecule has 2 atom stereocenters. The molecule has 5 heteroatoms. The van der Waals surface area contributed by atoms with E-state index in [4.69, 9.17) is 16.3 Å². The first-order valence-electron chi connectivity index (χ1n) is 6.97. The van der Waals surface area contributed by atoms with Crippen LogP contribution in [-0.2, 0) is 4.74 Å². The molecule has 110 valence electrons. The largest absolute Gasteiger partial charge is 0.372 e. The molecule has 21 heavy (non-hydrogen) atoms. The van der Waals surface area contributed by atoms with Crippen molar-refractivity contribution >= 4 is 23.2 Å². The second-order valence-corrected chi connectivity index (χ2v) is 5.91. The fourth-order valence-electron chi connectivity index (χ4n) is 2.98. The average molecular weight is 306 g/mol. The Labute approximate surface area is 128 Å². The topological polar surface area (TPSA) is 46.6 Å². The van der Waals surface area contributed by atoms with Crippen molar-refractivity contribution in [2.45, 2.75) is 26.1 Å². The zero-order valence-electron chi connectivity index (χ0n) is 11.9. The number of ether oxygens (including phenoxy) is 1. The molecule has 0 amide bonds. The first-order valence-corrected chi connectivity index (χ1v) is 7.35. The van der Waals surface area contributed by atoms with Gasteiger partial charge in [-0.25, -0.2) is 0 Å². The highest BCUT2D eigenvalue weighted by Crippen LogP contribution is 2.31. The number of ketones is 2. The summed E-state index contributed by atoms with van der Waals surface area (Å²) in [4.78, 5) is 27.0. The number of halogens is 1. The maximum Gasteiger partial charge on any atom is 0.211 e. The molecule has 0 aromatic heterocycles. The highest BCUT2D eigenvalue weighted by Gasteiger charge is 2.36. The molecule has 1 aliphatic heterocycles. The fraction of sp³-hybridized carbons (Fsp3) is 0.375. The number of morpholine rings is 1. The molecular formula is C16H16ClNO3. The standard InChI is InChI=1S/C16H16ClNO3/c1-9-7-18(8-10(2)21-9)14-13(17)15(19)11-5-3-4-6-12(11)16(14)20/h3-6,9-10H,7-8H2,1-2H3. The molecule has 1 heterocycles. The number of allylic oxidation sites excluding steroid dienone is 2. The van der Waals surface area contributed by atoms with Gasteiger partial charge in [0.15, 0.2) is 0 Å². The molecule has 1 aromatic rings. The van der Waals surface area contributed by atoms with Gasteiger partial charge < -0.3 is 9.64 Å². The number of nitrogens with zero attached hydrogens (tertiary/aromatic N) is 1. The third-order valence-corrected chi connectivity index (χ3v) is 4.13. The van der Waals surface area contributed by atoms with Gasteiger partial charge in [0.05, 0.1) is 12.2 Å². The lowest BCUT2D eigenvalue weighted by Crippen LogP contribution is -2.47. The van der Waals surface area contributed by atoms with Crippen LogP contribution in [0, 0.1) is 0 Å². The van der Waals surface area contributed by atoms with Crippen molar-refractivity contribution in [1.29, 1.82) is 0 Å². The molecule has 3 rings (SSSR count). The molecule has 4 nitrogen and oxygen atoms in total. The van der Waals surface area contributed by atoms with Crippen LogP contribution >= 0.6 is 11.6 Å². The van der Waals surface area contributed by atoms with Gasteiger partial charge in [0.1, 0.15) is 10.7 Å². The smallest absolute Gasteiger partial charge is 0.211 e. The molecule has 1 aromatic carbocycles. The molecule has 1 saturated heterocycles. The maximum atomic E-state index is 12.7. The Morgan fingerprint density at radius 1 is 1.05 bits per heavy atom. The summed E-state index contributed by atoms with van der Waals surface area (Å²) in [5.74, 6) is -0.467. The van der Waals surface area contributed by atoms with Crippen molar-refractivity contribution in [3.05, 3.63) is 46.1 Å². The highest BCUT2D eigenvalue weighted by atomic mass is 35.5. The molecule has 2 aliphatic rings. The third-order valence-electron chi connectivity index (χ3n) is 3.77. The number of fused-ring (bicyclic) bond motifs is 1. The second-order valence-electron chi connectivity index (χ2n) is 5.53. The van der Waals surface area contributed by atoms with Gasteiger partial charge in [-0.05, 0) is 13.8 Å². The highest BCUT2D eigenvalue weighted by molar-refractivity contribution is 6.49. The third kappa shape index (κ3) is 2.39. The van der Waals surface area contributed by atoms with Gasteiger partial charge >= 0.3 is 0 Å². The van der Waals surface area contributed by atoms with Crippen LogP contribution < -0.4 is 0 Å². The molecule has 0 N–H and O–H groups in total. The number of carbonyl (C=O) groups excluding carboxylic acids is 2. The van der Waals surface area contributed by atoms with E-state index in [0.717, 1.165) is 0 Å². The van der Waals surface area contributed by atoms with Crippen LogP contribution in [0.15, 0.2) is 35.0 Å². The second kappa shape index (κ2) is 5.28. The predicted octanol–water partition coefficient (Wildman–Crippen LogP) is 2.63. The maximum absolute atomic E-state index is 12.7. The average Bonchev–Trinajstić information content (AvgIpc) is 2.44. The number of rotatable bonds is 1. The first kappa shape index (κ1) is 14.3. The summed E-state index contributed by atoms with van der Waals surface area (Å²) in [6.45, 7) is 4.99. The van der Waals surface area contributed by atoms with Crippen molar-refractivity contribution in [1.82, 2.24) is 4.90 Å². The van der Waals surface area contributed by atoms with Gasteiger partial charge in [-0.15, -0.1) is 0 Å². The summed E-state index contributed by atoms with van der Waals surface area (Å²) in [5, 5.41) is 0.0139. The fourth-order valence-corrected chi connectivity index (χ4v) is 3.28. The number of hydrogen-bond acceptors (Lipinski definition) is 4. The summed E-state index contributed by atoms with van der Waals surface area (Å²) < 4.78 is 5.67. The first-order chi connectivity index (χ1) is 9.99. The summed E-state index contributed by atoms with van der Waals surface area (Å²) in [6.07, 6.45) is -0.0171. The van der Waals surface area contributed by atoms with Gasteiger partial charge in [-0.2, -0.15) is 0 Å². The Morgan fingerprint density at radius 3 is 2.14 bits per heavy atom. The summed E-state index contributed by atoms with van der Waals surface area (Å²) in [6, 6.07) is 6.80. The van der Waals surface area contributed by atoms with Gasteiger partial charge in [-0.3, -0.25) is 9.59 Å². The van der Waals surface area contributed by atoms with E-state index in [1.165, 1.54) is 0 Å². The van der Waals surface area contributed by atoms with Crippen molar-refractivity contribution < 1.29 is 14.3 Å². The monoisotopic (exact) mass is 305 g/mol. The molecule has 1 aliphatic carbocycles. The van der Waals surface area contributed by atoms with E-state index in [1.807, 2.05) is 18.7 Å². The van der Waals surface area contributed by atoms with Crippen LogP contribution in [0.25, 0.3) is 0 Å². The van der Waals surface area contributed by atoms with Crippen LogP contribution in [0.2, 0.25) is 0 Å². The van der Waals surface area contributed by atoms with Crippen molar-refractivity contribution in [3.8, 4) is 0 Å². The lowest BCUT2D eigenvalue weighted by molar-refractivity contribution is -0.0572. The Morgan fingerprint density at radius 2 is 1.57 bits per heavy atom. The lowest BCUT2D eigenvalue weighted by atomic mass is 9.91. The van der Waals surface area contributed by atoms with Gasteiger partial charge in [0, 0.05) is 24.2 Å². The lowest BCUT2D eigenvalue weighted by Gasteiger charge is -2.38. The molecule has 1 fully saturated rings. The van der Waals surface area contributed by atoms with Crippen molar-refractivity contribution in [3.63, 3.8) is 0 Å². The quantitative estimate of drug-likeness (QED) is 0.800. The zero-order valence-corrected chi connectivity index (χ0v) is 12.7. The number of Topliss-reactive ketones (excluding diaryl/α,β-unsaturated/α-hetero) is 2. The summed E-state index contributed by atoms with van der Waals surface area (Å²) in [5.41, 5.74) is 1.11. The number of benzene rings is 1. The van der Waals surface area contributed by atoms with E-state index >= 15 is 0 Å². The SMILES string of the molecule is CC1CN(C2=C(Cl)C(=O)c3ccccc3C2=O)CC(C)O1. The van der Waals surface area contributed by atoms with Crippen LogP contribution in [0.4, 0.5) is 0 Å². The Bertz CT molecular complexity index is 643. The molecule has 0 saturated carbocycles. The van der Waals surface area contributed by atoms with E-state index in [-0.39, 0.29) is 28.8 Å². The molecule has 2 unspecified atom stereocenters. The number of carbonyl (C=O) groups is 2. The Kier molecular flexibility index (Phi) is 3.59. The number of hydrogen-bond donors (Lipinski definition) is 0. The molecule has 0 spiro atoms. The van der Waals surface area contributed by atoms with Gasteiger partial charge in [0.25, 0.3) is 0 Å². The summed E-state index contributed by atoms with van der Waals surface area (Å²) in [7, 11) is 0. The minimum atomic E-state index is -0.284. The minimum absolute atomic E-state index is 0.00853. The van der Waals surface area contributed by atoms with Crippen LogP contribution in [0.1, 0.15) is 34.6 Å². The minimum Gasteiger partial charge on any atom is -0.372 e. The molecule has 0 bridgehead atoms. The normalized spacial score (nSPS) is 26.1. The Balaban J connectivity index is 2.04. The van der Waals surface area contributed by atoms with Crippen LogP contribution in [0.3, 0.4) is 0 Å². The van der Waals surface area contributed by atoms with E-state index in [9.17, 15) is 9.59 Å². The van der Waals surface area contributed by atoms with E-state index < -0.39 is 0 Å². The Hall–Kier alpha value is -1.65. The van der Waals surface area contributed by atoms with E-state index in [1.54, 1.807) is 24.3 Å². The van der Waals surface area contributed by atoms with Crippen LogP contribution in [-0.4, -0.2) is 41.8 Å². The van der Waals surface area contributed by atoms with E-state index in [0.29, 0.717) is 29.9 Å².